The number of rotatable bonds is 6. The van der Waals surface area contributed by atoms with E-state index in [1.54, 1.807) is 12.1 Å². The van der Waals surface area contributed by atoms with Crippen molar-refractivity contribution in [2.45, 2.75) is 63.3 Å². The molecule has 1 aromatic carbocycles. The Labute approximate surface area is 150 Å². The van der Waals surface area contributed by atoms with Crippen molar-refractivity contribution in [1.82, 2.24) is 10.0 Å². The molecule has 1 fully saturated rings. The van der Waals surface area contributed by atoms with Crippen molar-refractivity contribution in [1.29, 1.82) is 0 Å². The van der Waals surface area contributed by atoms with Gasteiger partial charge in [0, 0.05) is 6.04 Å². The zero-order valence-electron chi connectivity index (χ0n) is 15.2. The van der Waals surface area contributed by atoms with E-state index in [-0.39, 0.29) is 29.1 Å². The highest BCUT2D eigenvalue weighted by atomic mass is 32.2. The number of carbonyl (C=O) groups is 1. The van der Waals surface area contributed by atoms with E-state index in [0.29, 0.717) is 0 Å². The topological polar surface area (TPSA) is 84.5 Å². The van der Waals surface area contributed by atoms with Gasteiger partial charge < -0.3 is 10.1 Å². The van der Waals surface area contributed by atoms with Gasteiger partial charge in [-0.3, -0.25) is 4.79 Å². The van der Waals surface area contributed by atoms with Gasteiger partial charge >= 0.3 is 0 Å². The minimum atomic E-state index is -3.82. The summed E-state index contributed by atoms with van der Waals surface area (Å²) in [5, 5.41) is 2.93. The van der Waals surface area contributed by atoms with Crippen LogP contribution in [0.25, 0.3) is 0 Å². The van der Waals surface area contributed by atoms with Gasteiger partial charge in [-0.25, -0.2) is 13.1 Å². The van der Waals surface area contributed by atoms with E-state index in [2.05, 4.69) is 10.0 Å². The van der Waals surface area contributed by atoms with E-state index in [4.69, 9.17) is 4.74 Å². The van der Waals surface area contributed by atoms with Gasteiger partial charge in [-0.1, -0.05) is 25.7 Å². The molecule has 1 amide bonds. The van der Waals surface area contributed by atoms with E-state index >= 15 is 0 Å². The lowest BCUT2D eigenvalue weighted by atomic mass is 10.1. The highest BCUT2D eigenvalue weighted by Gasteiger charge is 2.22. The molecule has 140 valence electrons. The fraction of sp³-hybridized carbons (Fsp3) is 0.611. The summed E-state index contributed by atoms with van der Waals surface area (Å²) in [7, 11) is -2.39. The van der Waals surface area contributed by atoms with Crippen LogP contribution in [-0.4, -0.2) is 34.0 Å². The highest BCUT2D eigenvalue weighted by molar-refractivity contribution is 7.89. The molecule has 6 nitrogen and oxygen atoms in total. The van der Waals surface area contributed by atoms with Crippen molar-refractivity contribution in [3.05, 3.63) is 23.3 Å². The third kappa shape index (κ3) is 5.44. The summed E-state index contributed by atoms with van der Waals surface area (Å²) in [4.78, 5) is 12.2. The molecule has 2 N–H and O–H groups in total. The highest BCUT2D eigenvalue weighted by Crippen LogP contribution is 2.27. The number of hydrogen-bond acceptors (Lipinski definition) is 4. The Hall–Kier alpha value is -1.60. The lowest BCUT2D eigenvalue weighted by molar-refractivity contribution is -0.120. The first kappa shape index (κ1) is 19.7. The number of ether oxygens (including phenoxy) is 1. The second-order valence-corrected chi connectivity index (χ2v) is 8.40. The fourth-order valence-electron chi connectivity index (χ4n) is 3.07. The van der Waals surface area contributed by atoms with E-state index in [1.165, 1.54) is 20.0 Å². The van der Waals surface area contributed by atoms with E-state index in [0.717, 1.165) is 36.8 Å². The summed E-state index contributed by atoms with van der Waals surface area (Å²) in [5.74, 6) is -0.0157. The first-order chi connectivity index (χ1) is 11.8. The largest absolute Gasteiger partial charge is 0.495 e. The van der Waals surface area contributed by atoms with Crippen LogP contribution in [0.3, 0.4) is 0 Å². The molecule has 2 rings (SSSR count). The lowest BCUT2D eigenvalue weighted by Crippen LogP contribution is -2.41. The van der Waals surface area contributed by atoms with Crippen molar-refractivity contribution < 1.29 is 17.9 Å². The van der Waals surface area contributed by atoms with Crippen LogP contribution < -0.4 is 14.8 Å². The number of sulfonamides is 1. The van der Waals surface area contributed by atoms with E-state index < -0.39 is 10.0 Å². The summed E-state index contributed by atoms with van der Waals surface area (Å²) < 4.78 is 32.7. The molecule has 1 aliphatic carbocycles. The van der Waals surface area contributed by atoms with E-state index in [9.17, 15) is 13.2 Å². The quantitative estimate of drug-likeness (QED) is 0.755. The van der Waals surface area contributed by atoms with Crippen LogP contribution in [0, 0.1) is 13.8 Å². The number of benzene rings is 1. The molecule has 0 aromatic heterocycles. The second kappa shape index (κ2) is 8.67. The number of aryl methyl sites for hydroxylation is 2. The third-order valence-corrected chi connectivity index (χ3v) is 6.13. The molecular weight excluding hydrogens is 340 g/mol. The monoisotopic (exact) mass is 368 g/mol. The molecule has 0 heterocycles. The predicted molar refractivity (Wildman–Crippen MR) is 97.3 cm³/mol. The van der Waals surface area contributed by atoms with Crippen molar-refractivity contribution in [3.8, 4) is 5.75 Å². The summed E-state index contributed by atoms with van der Waals surface area (Å²) in [6.07, 6.45) is 6.54. The second-order valence-electron chi connectivity index (χ2n) is 6.67. The Balaban J connectivity index is 2.01. The summed E-state index contributed by atoms with van der Waals surface area (Å²) >= 11 is 0. The van der Waals surface area contributed by atoms with Gasteiger partial charge in [0.2, 0.25) is 15.9 Å². The molecule has 7 heteroatoms. The van der Waals surface area contributed by atoms with Gasteiger partial charge in [0.1, 0.15) is 10.6 Å². The summed E-state index contributed by atoms with van der Waals surface area (Å²) in [6.45, 7) is 3.46. The molecule has 0 atom stereocenters. The Morgan fingerprint density at radius 2 is 1.72 bits per heavy atom. The molecule has 0 aliphatic heterocycles. The minimum Gasteiger partial charge on any atom is -0.495 e. The van der Waals surface area contributed by atoms with Gasteiger partial charge in [0.05, 0.1) is 13.7 Å². The zero-order valence-corrected chi connectivity index (χ0v) is 16.0. The minimum absolute atomic E-state index is 0.0559. The third-order valence-electron chi connectivity index (χ3n) is 4.71. The number of amides is 1. The lowest BCUT2D eigenvalue weighted by Gasteiger charge is -2.17. The molecule has 25 heavy (non-hydrogen) atoms. The predicted octanol–water partition coefficient (Wildman–Crippen LogP) is 2.43. The summed E-state index contributed by atoms with van der Waals surface area (Å²) in [6, 6.07) is 3.41. The SMILES string of the molecule is COc1cc(C)c(C)cc1S(=O)(=O)NCC(=O)NC1CCCCCC1. The van der Waals surface area contributed by atoms with Crippen LogP contribution in [0.5, 0.6) is 5.75 Å². The molecule has 0 spiro atoms. The Morgan fingerprint density at radius 3 is 2.32 bits per heavy atom. The maximum Gasteiger partial charge on any atom is 0.244 e. The number of nitrogens with one attached hydrogen (secondary N) is 2. The van der Waals surface area contributed by atoms with Gasteiger partial charge in [-0.2, -0.15) is 0 Å². The number of carbonyl (C=O) groups excluding carboxylic acids is 1. The van der Waals surface area contributed by atoms with Gasteiger partial charge in [-0.05, 0) is 49.9 Å². The number of hydrogen-bond donors (Lipinski definition) is 2. The maximum absolute atomic E-state index is 12.6. The van der Waals surface area contributed by atoms with Crippen LogP contribution in [0.2, 0.25) is 0 Å². The molecule has 0 unspecified atom stereocenters. The fourth-order valence-corrected chi connectivity index (χ4v) is 4.29. The van der Waals surface area contributed by atoms with Crippen molar-refractivity contribution in [3.63, 3.8) is 0 Å². The molecule has 1 aromatic rings. The van der Waals surface area contributed by atoms with E-state index in [1.807, 2.05) is 13.8 Å². The van der Waals surface area contributed by atoms with Crippen molar-refractivity contribution >= 4 is 15.9 Å². The molecule has 1 saturated carbocycles. The molecule has 1 aliphatic rings. The average molecular weight is 368 g/mol. The Kier molecular flexibility index (Phi) is 6.84. The van der Waals surface area contributed by atoms with Crippen LogP contribution >= 0.6 is 0 Å². The van der Waals surface area contributed by atoms with Crippen molar-refractivity contribution in [2.75, 3.05) is 13.7 Å². The van der Waals surface area contributed by atoms with Gasteiger partial charge in [0.25, 0.3) is 0 Å². The zero-order chi connectivity index (χ0) is 18.4. The summed E-state index contributed by atoms with van der Waals surface area (Å²) in [5.41, 5.74) is 1.80. The first-order valence-corrected chi connectivity index (χ1v) is 10.3. The maximum atomic E-state index is 12.6. The molecule has 0 radical (unpaired) electrons. The molecule has 0 saturated heterocycles. The Morgan fingerprint density at radius 1 is 1.12 bits per heavy atom. The van der Waals surface area contributed by atoms with Crippen molar-refractivity contribution in [2.24, 2.45) is 0 Å². The van der Waals surface area contributed by atoms with Gasteiger partial charge in [0.15, 0.2) is 0 Å². The normalized spacial score (nSPS) is 16.3. The molecule has 0 bridgehead atoms. The average Bonchev–Trinajstić information content (AvgIpc) is 2.83. The smallest absolute Gasteiger partial charge is 0.244 e. The number of methoxy groups -OCH3 is 1. The van der Waals surface area contributed by atoms with Crippen LogP contribution in [0.1, 0.15) is 49.7 Å². The van der Waals surface area contributed by atoms with Crippen LogP contribution in [0.4, 0.5) is 0 Å². The van der Waals surface area contributed by atoms with Crippen LogP contribution in [-0.2, 0) is 14.8 Å². The first-order valence-electron chi connectivity index (χ1n) is 8.78. The molecular formula is C18H28N2O4S. The standard InChI is InChI=1S/C18H28N2O4S/c1-13-10-16(24-3)17(11-14(13)2)25(22,23)19-12-18(21)20-15-8-6-4-5-7-9-15/h10-11,15,19H,4-9,12H2,1-3H3,(H,20,21). The van der Waals surface area contributed by atoms with Gasteiger partial charge in [-0.15, -0.1) is 0 Å². The van der Waals surface area contributed by atoms with Crippen LogP contribution in [0.15, 0.2) is 17.0 Å². The Bertz CT molecular complexity index is 708.